The summed E-state index contributed by atoms with van der Waals surface area (Å²) in [5.74, 6) is 1.68. The Morgan fingerprint density at radius 1 is 1.09 bits per heavy atom. The van der Waals surface area contributed by atoms with E-state index in [1.807, 2.05) is 24.4 Å². The molecule has 0 radical (unpaired) electrons. The Balaban J connectivity index is 1.32. The van der Waals surface area contributed by atoms with Gasteiger partial charge in [-0.05, 0) is 65.4 Å². The Hall–Kier alpha value is -3.30. The van der Waals surface area contributed by atoms with E-state index in [9.17, 15) is 0 Å². The van der Waals surface area contributed by atoms with Gasteiger partial charge < -0.3 is 10.1 Å². The lowest BCUT2D eigenvalue weighted by molar-refractivity contribution is 0.363. The largest absolute Gasteiger partial charge is 0.488 e. The fourth-order valence-corrected chi connectivity index (χ4v) is 4.90. The van der Waals surface area contributed by atoms with E-state index >= 15 is 0 Å². The molecule has 4 heteroatoms. The molecule has 1 aliphatic carbocycles. The molecule has 0 amide bonds. The van der Waals surface area contributed by atoms with Crippen LogP contribution in [0.1, 0.15) is 35.1 Å². The van der Waals surface area contributed by atoms with Crippen LogP contribution in [-0.4, -0.2) is 12.8 Å². The van der Waals surface area contributed by atoms with Crippen LogP contribution >= 0.6 is 11.6 Å². The number of rotatable bonds is 6. The van der Waals surface area contributed by atoms with E-state index < -0.39 is 0 Å². The van der Waals surface area contributed by atoms with Gasteiger partial charge in [-0.15, -0.1) is 0 Å². The highest BCUT2D eigenvalue weighted by Gasteiger charge is 2.37. The Kier molecular flexibility index (Phi) is 5.83. The molecule has 3 nitrogen and oxygen atoms in total. The van der Waals surface area contributed by atoms with E-state index in [-0.39, 0.29) is 0 Å². The van der Waals surface area contributed by atoms with Crippen LogP contribution in [0.25, 0.3) is 0 Å². The summed E-state index contributed by atoms with van der Waals surface area (Å²) < 4.78 is 5.52. The predicted octanol–water partition coefficient (Wildman–Crippen LogP) is 7.48. The summed E-state index contributed by atoms with van der Waals surface area (Å²) in [5, 5.41) is 4.34. The van der Waals surface area contributed by atoms with Crippen molar-refractivity contribution < 1.29 is 4.74 Å². The lowest BCUT2D eigenvalue weighted by Crippen LogP contribution is -2.28. The number of ether oxygens (including phenoxy) is 1. The van der Waals surface area contributed by atoms with E-state index in [1.54, 1.807) is 6.08 Å². The second kappa shape index (κ2) is 9.05. The van der Waals surface area contributed by atoms with Crippen LogP contribution in [0.15, 0.2) is 96.5 Å². The van der Waals surface area contributed by atoms with E-state index in [2.05, 4.69) is 77.6 Å². The number of hydrogen-bond acceptors (Lipinski definition) is 3. The lowest BCUT2D eigenvalue weighted by atomic mass is 9.77. The van der Waals surface area contributed by atoms with Gasteiger partial charge in [-0.1, -0.05) is 66.7 Å². The third-order valence-electron chi connectivity index (χ3n) is 6.20. The molecule has 2 aliphatic rings. The zero-order chi connectivity index (χ0) is 21.9. The number of nitrogens with zero attached hydrogens (tertiary/aromatic N) is 1. The number of fused-ring (bicyclic) bond motifs is 3. The minimum Gasteiger partial charge on any atom is -0.488 e. The standard InChI is InChI=1S/C28H25ClN2O/c1-2-16-32-27-15-10-19(17-25(27)29)18-30-21-13-11-20(12-14-21)28-24-8-5-7-22(24)23-6-3-4-9-26(23)31-28/h2-7,9-15,17-18,22,24,28,31H,1,8,16H2/t22-,24-,28+/m1/s1. The van der Waals surface area contributed by atoms with Crippen LogP contribution < -0.4 is 10.1 Å². The highest BCUT2D eigenvalue weighted by atomic mass is 35.5. The Morgan fingerprint density at radius 2 is 1.94 bits per heavy atom. The van der Waals surface area contributed by atoms with Crippen molar-refractivity contribution in [2.45, 2.75) is 18.4 Å². The number of para-hydroxylation sites is 1. The van der Waals surface area contributed by atoms with Gasteiger partial charge in [0.05, 0.1) is 16.8 Å². The van der Waals surface area contributed by atoms with Crippen LogP contribution in [0, 0.1) is 5.92 Å². The zero-order valence-electron chi connectivity index (χ0n) is 17.7. The maximum Gasteiger partial charge on any atom is 0.138 e. The van der Waals surface area contributed by atoms with Crippen LogP contribution in [-0.2, 0) is 0 Å². The number of anilines is 1. The first kappa shape index (κ1) is 20.6. The SMILES string of the molecule is C=CCOc1ccc(C=Nc2ccc([C@@H]3Nc4ccccc4[C@H]4C=CC[C@H]43)cc2)cc1Cl. The summed E-state index contributed by atoms with van der Waals surface area (Å²) in [5.41, 5.74) is 5.78. The molecule has 32 heavy (non-hydrogen) atoms. The molecule has 0 bridgehead atoms. The van der Waals surface area contributed by atoms with Gasteiger partial charge in [0.1, 0.15) is 12.4 Å². The molecule has 160 valence electrons. The molecule has 1 heterocycles. The maximum atomic E-state index is 6.30. The summed E-state index contributed by atoms with van der Waals surface area (Å²) in [6.07, 6.45) is 9.31. The number of hydrogen-bond donors (Lipinski definition) is 1. The minimum atomic E-state index is 0.296. The van der Waals surface area contributed by atoms with Crippen molar-refractivity contribution in [2.24, 2.45) is 10.9 Å². The Labute approximate surface area is 194 Å². The lowest BCUT2D eigenvalue weighted by Gasteiger charge is -2.37. The van der Waals surface area contributed by atoms with Crippen molar-refractivity contribution in [3.8, 4) is 5.75 Å². The first-order valence-electron chi connectivity index (χ1n) is 10.9. The normalized spacial score (nSPS) is 21.1. The van der Waals surface area contributed by atoms with Crippen molar-refractivity contribution >= 4 is 29.2 Å². The van der Waals surface area contributed by atoms with Gasteiger partial charge >= 0.3 is 0 Å². The molecule has 0 spiro atoms. The third kappa shape index (κ3) is 4.09. The highest BCUT2D eigenvalue weighted by molar-refractivity contribution is 6.32. The molecule has 3 aromatic rings. The van der Waals surface area contributed by atoms with Crippen LogP contribution in [0.3, 0.4) is 0 Å². The zero-order valence-corrected chi connectivity index (χ0v) is 18.5. The molecular weight excluding hydrogens is 416 g/mol. The van der Waals surface area contributed by atoms with Gasteiger partial charge in [-0.25, -0.2) is 0 Å². The predicted molar refractivity (Wildman–Crippen MR) is 134 cm³/mol. The van der Waals surface area contributed by atoms with Gasteiger partial charge in [0, 0.05) is 17.8 Å². The summed E-state index contributed by atoms with van der Waals surface area (Å²) in [6.45, 7) is 4.08. The molecular formula is C28H25ClN2O. The second-order valence-corrected chi connectivity index (χ2v) is 8.61. The van der Waals surface area contributed by atoms with Gasteiger partial charge in [0.15, 0.2) is 0 Å². The smallest absolute Gasteiger partial charge is 0.138 e. The molecule has 1 N–H and O–H groups in total. The topological polar surface area (TPSA) is 33.6 Å². The van der Waals surface area contributed by atoms with Gasteiger partial charge in [-0.2, -0.15) is 0 Å². The summed E-state index contributed by atoms with van der Waals surface area (Å²) in [7, 11) is 0. The molecule has 5 rings (SSSR count). The van der Waals surface area contributed by atoms with Gasteiger partial charge in [0.25, 0.3) is 0 Å². The van der Waals surface area contributed by atoms with E-state index in [4.69, 9.17) is 16.3 Å². The number of benzene rings is 3. The summed E-state index contributed by atoms with van der Waals surface area (Å²) in [6, 6.07) is 23.1. The third-order valence-corrected chi connectivity index (χ3v) is 6.49. The Morgan fingerprint density at radius 3 is 2.75 bits per heavy atom. The molecule has 0 fully saturated rings. The fourth-order valence-electron chi connectivity index (χ4n) is 4.65. The maximum absolute atomic E-state index is 6.30. The molecule has 0 aromatic heterocycles. The quantitative estimate of drug-likeness (QED) is 0.318. The number of aliphatic imine (C=N–C) groups is 1. The van der Waals surface area contributed by atoms with Crippen LogP contribution in [0.4, 0.5) is 11.4 Å². The van der Waals surface area contributed by atoms with Gasteiger partial charge in [-0.3, -0.25) is 4.99 Å². The van der Waals surface area contributed by atoms with Crippen LogP contribution in [0.2, 0.25) is 5.02 Å². The van der Waals surface area contributed by atoms with Crippen molar-refractivity contribution in [2.75, 3.05) is 11.9 Å². The highest BCUT2D eigenvalue weighted by Crippen LogP contribution is 2.49. The average molecular weight is 441 g/mol. The first-order valence-corrected chi connectivity index (χ1v) is 11.3. The van der Waals surface area contributed by atoms with Crippen molar-refractivity contribution in [3.05, 3.63) is 113 Å². The molecule has 0 unspecified atom stereocenters. The van der Waals surface area contributed by atoms with E-state index in [0.717, 1.165) is 17.7 Å². The Bertz CT molecular complexity index is 1180. The molecule has 3 atom stereocenters. The summed E-state index contributed by atoms with van der Waals surface area (Å²) in [4.78, 5) is 4.62. The number of nitrogens with one attached hydrogen (secondary N) is 1. The fraction of sp³-hybridized carbons (Fsp3) is 0.179. The molecule has 3 aromatic carbocycles. The molecule has 0 saturated carbocycles. The van der Waals surface area contributed by atoms with Crippen molar-refractivity contribution in [1.82, 2.24) is 0 Å². The van der Waals surface area contributed by atoms with Crippen molar-refractivity contribution in [3.63, 3.8) is 0 Å². The number of halogens is 1. The van der Waals surface area contributed by atoms with Crippen molar-refractivity contribution in [1.29, 1.82) is 0 Å². The van der Waals surface area contributed by atoms with E-state index in [0.29, 0.717) is 35.3 Å². The van der Waals surface area contributed by atoms with E-state index in [1.165, 1.54) is 16.8 Å². The number of allylic oxidation sites excluding steroid dienone is 2. The monoisotopic (exact) mass is 440 g/mol. The molecule has 0 saturated heterocycles. The summed E-state index contributed by atoms with van der Waals surface area (Å²) >= 11 is 6.30. The average Bonchev–Trinajstić information content (AvgIpc) is 3.32. The van der Waals surface area contributed by atoms with Crippen LogP contribution in [0.5, 0.6) is 5.75 Å². The molecule has 1 aliphatic heterocycles. The van der Waals surface area contributed by atoms with Gasteiger partial charge in [0.2, 0.25) is 0 Å². The first-order chi connectivity index (χ1) is 15.7. The minimum absolute atomic E-state index is 0.296. The second-order valence-electron chi connectivity index (χ2n) is 8.20.